The number of halogens is 1. The van der Waals surface area contributed by atoms with E-state index in [0.717, 1.165) is 26.1 Å². The molecule has 2 heterocycles. The normalized spacial score (nSPS) is 26.1. The van der Waals surface area contributed by atoms with Crippen molar-refractivity contribution in [1.82, 2.24) is 5.32 Å². The molecule has 1 unspecified atom stereocenters. The lowest BCUT2D eigenvalue weighted by atomic mass is 9.99. The highest BCUT2D eigenvalue weighted by Gasteiger charge is 2.53. The number of anilines is 1. The van der Waals surface area contributed by atoms with Crippen LogP contribution in [0.1, 0.15) is 24.8 Å². The molecule has 0 bridgehead atoms. The fourth-order valence-electron chi connectivity index (χ4n) is 3.49. The zero-order chi connectivity index (χ0) is 12.2. The average Bonchev–Trinajstić information content (AvgIpc) is 2.87. The fourth-order valence-corrected chi connectivity index (χ4v) is 3.49. The predicted octanol–water partition coefficient (Wildman–Crippen LogP) is 2.10. The lowest BCUT2D eigenvalue weighted by Gasteiger charge is -2.21. The van der Waals surface area contributed by atoms with Crippen LogP contribution in [0.3, 0.4) is 0 Å². The second-order valence-electron chi connectivity index (χ2n) is 5.91. The van der Waals surface area contributed by atoms with E-state index in [9.17, 15) is 4.79 Å². The Hall–Kier alpha value is -1.06. The van der Waals surface area contributed by atoms with Crippen LogP contribution in [0.15, 0.2) is 24.3 Å². The third kappa shape index (κ3) is 1.87. The number of fused-ring (bicyclic) bond motifs is 2. The predicted molar refractivity (Wildman–Crippen MR) is 77.9 cm³/mol. The highest BCUT2D eigenvalue weighted by atomic mass is 35.5. The average molecular weight is 279 g/mol. The van der Waals surface area contributed by atoms with Crippen molar-refractivity contribution in [2.45, 2.75) is 24.7 Å². The van der Waals surface area contributed by atoms with E-state index < -0.39 is 0 Å². The van der Waals surface area contributed by atoms with E-state index in [1.54, 1.807) is 0 Å². The summed E-state index contributed by atoms with van der Waals surface area (Å²) < 4.78 is 0. The number of carbonyl (C=O) groups excluding carboxylic acids is 1. The van der Waals surface area contributed by atoms with E-state index >= 15 is 0 Å². The van der Waals surface area contributed by atoms with Gasteiger partial charge in [-0.15, -0.1) is 12.4 Å². The number of carbonyl (C=O) groups is 1. The van der Waals surface area contributed by atoms with Crippen LogP contribution in [0, 0.1) is 5.92 Å². The summed E-state index contributed by atoms with van der Waals surface area (Å²) in [5.74, 6) is 0.517. The number of nitrogens with one attached hydrogen (secondary N) is 1. The molecule has 102 valence electrons. The van der Waals surface area contributed by atoms with Crippen LogP contribution >= 0.6 is 12.4 Å². The van der Waals surface area contributed by atoms with E-state index in [0.29, 0.717) is 11.3 Å². The van der Waals surface area contributed by atoms with Crippen molar-refractivity contribution in [3.05, 3.63) is 29.8 Å². The van der Waals surface area contributed by atoms with Crippen LogP contribution in [0.5, 0.6) is 0 Å². The minimum atomic E-state index is 0. The smallest absolute Gasteiger partial charge is 0.231 e. The zero-order valence-electron chi connectivity index (χ0n) is 10.9. The summed E-state index contributed by atoms with van der Waals surface area (Å²) in [5.41, 5.74) is 2.90. The Labute approximate surface area is 119 Å². The largest absolute Gasteiger partial charge is 0.316 e. The lowest BCUT2D eigenvalue weighted by Crippen LogP contribution is -2.37. The summed E-state index contributed by atoms with van der Waals surface area (Å²) >= 11 is 0. The van der Waals surface area contributed by atoms with Gasteiger partial charge in [0.15, 0.2) is 0 Å². The van der Waals surface area contributed by atoms with Crippen LogP contribution in [-0.2, 0) is 10.2 Å². The van der Waals surface area contributed by atoms with E-state index in [4.69, 9.17) is 0 Å². The number of amides is 1. The van der Waals surface area contributed by atoms with Crippen molar-refractivity contribution in [1.29, 1.82) is 0 Å². The molecular weight excluding hydrogens is 260 g/mol. The van der Waals surface area contributed by atoms with E-state index in [2.05, 4.69) is 28.4 Å². The third-order valence-corrected chi connectivity index (χ3v) is 4.76. The van der Waals surface area contributed by atoms with Crippen LogP contribution in [-0.4, -0.2) is 25.5 Å². The number of para-hydroxylation sites is 1. The fraction of sp³-hybridized carbons (Fsp3) is 0.533. The summed E-state index contributed by atoms with van der Waals surface area (Å²) in [4.78, 5) is 14.7. The molecule has 4 rings (SSSR count). The maximum Gasteiger partial charge on any atom is 0.231 e. The Balaban J connectivity index is 0.00000110. The van der Waals surface area contributed by atoms with Crippen molar-refractivity contribution < 1.29 is 4.79 Å². The molecular formula is C15H19ClN2O. The summed E-state index contributed by atoms with van der Waals surface area (Å²) in [6.07, 6.45) is 3.48. The van der Waals surface area contributed by atoms with Gasteiger partial charge < -0.3 is 10.2 Å². The first-order valence-electron chi connectivity index (χ1n) is 6.92. The third-order valence-electron chi connectivity index (χ3n) is 4.76. The van der Waals surface area contributed by atoms with Crippen molar-refractivity contribution in [2.75, 3.05) is 24.5 Å². The van der Waals surface area contributed by atoms with Gasteiger partial charge in [-0.2, -0.15) is 0 Å². The number of benzene rings is 1. The Morgan fingerprint density at radius 2 is 2.11 bits per heavy atom. The molecule has 19 heavy (non-hydrogen) atoms. The molecule has 0 aromatic heterocycles. The van der Waals surface area contributed by atoms with Crippen LogP contribution in [0.25, 0.3) is 0 Å². The molecule has 1 saturated carbocycles. The quantitative estimate of drug-likeness (QED) is 0.853. The first-order valence-corrected chi connectivity index (χ1v) is 6.92. The second kappa shape index (κ2) is 4.50. The number of hydrogen-bond donors (Lipinski definition) is 1. The van der Waals surface area contributed by atoms with Gasteiger partial charge in [0.25, 0.3) is 0 Å². The van der Waals surface area contributed by atoms with E-state index in [-0.39, 0.29) is 18.3 Å². The van der Waals surface area contributed by atoms with Gasteiger partial charge in [-0.05, 0) is 37.4 Å². The number of hydrogen-bond acceptors (Lipinski definition) is 2. The topological polar surface area (TPSA) is 32.3 Å². The number of nitrogens with zero attached hydrogens (tertiary/aromatic N) is 1. The molecule has 2 fully saturated rings. The lowest BCUT2D eigenvalue weighted by molar-refractivity contribution is -0.121. The zero-order valence-corrected chi connectivity index (χ0v) is 11.7. The summed E-state index contributed by atoms with van der Waals surface area (Å²) in [6.45, 7) is 2.75. The Kier molecular flexibility index (Phi) is 3.06. The molecule has 1 spiro atoms. The van der Waals surface area contributed by atoms with E-state index in [1.165, 1.54) is 24.1 Å². The number of rotatable bonds is 1. The molecule has 4 heteroatoms. The Morgan fingerprint density at radius 3 is 2.79 bits per heavy atom. The molecule has 1 aromatic rings. The summed E-state index contributed by atoms with van der Waals surface area (Å²) in [6, 6.07) is 8.47. The van der Waals surface area contributed by atoms with Gasteiger partial charge in [-0.1, -0.05) is 18.2 Å². The standard InChI is InChI=1S/C15H18N2O.ClH/c18-14(11-5-8-16-9-11)17-10-15(6-7-15)12-3-1-2-4-13(12)17;/h1-4,11,16H,5-10H2;1H. The molecule has 3 aliphatic rings. The minimum absolute atomic E-state index is 0. The van der Waals surface area contributed by atoms with Crippen molar-refractivity contribution in [3.8, 4) is 0 Å². The van der Waals surface area contributed by atoms with Gasteiger partial charge in [0.1, 0.15) is 0 Å². The van der Waals surface area contributed by atoms with Gasteiger partial charge in [0, 0.05) is 24.2 Å². The van der Waals surface area contributed by atoms with Crippen LogP contribution in [0.4, 0.5) is 5.69 Å². The van der Waals surface area contributed by atoms with Crippen LogP contribution < -0.4 is 10.2 Å². The molecule has 3 nitrogen and oxygen atoms in total. The van der Waals surface area contributed by atoms with Crippen molar-refractivity contribution in [2.24, 2.45) is 5.92 Å². The minimum Gasteiger partial charge on any atom is -0.316 e. The Morgan fingerprint density at radius 1 is 1.32 bits per heavy atom. The van der Waals surface area contributed by atoms with Gasteiger partial charge >= 0.3 is 0 Å². The Bertz CT molecular complexity index is 507. The van der Waals surface area contributed by atoms with Crippen molar-refractivity contribution >= 4 is 24.0 Å². The molecule has 1 amide bonds. The highest BCUT2D eigenvalue weighted by Crippen LogP contribution is 2.56. The molecule has 1 N–H and O–H groups in total. The maximum absolute atomic E-state index is 12.6. The first kappa shape index (κ1) is 12.9. The van der Waals surface area contributed by atoms with Gasteiger partial charge in [0.2, 0.25) is 5.91 Å². The van der Waals surface area contributed by atoms with Gasteiger partial charge in [-0.25, -0.2) is 0 Å². The van der Waals surface area contributed by atoms with Crippen molar-refractivity contribution in [3.63, 3.8) is 0 Å². The SMILES string of the molecule is Cl.O=C(C1CCNC1)N1CC2(CC2)c2ccccc21. The molecule has 1 saturated heterocycles. The molecule has 2 aliphatic heterocycles. The van der Waals surface area contributed by atoms with E-state index in [1.807, 2.05) is 6.07 Å². The maximum atomic E-state index is 12.6. The molecule has 0 radical (unpaired) electrons. The second-order valence-corrected chi connectivity index (χ2v) is 5.91. The highest BCUT2D eigenvalue weighted by molar-refractivity contribution is 5.98. The van der Waals surface area contributed by atoms with Gasteiger partial charge in [0.05, 0.1) is 5.92 Å². The summed E-state index contributed by atoms with van der Waals surface area (Å²) in [5, 5.41) is 3.29. The monoisotopic (exact) mass is 278 g/mol. The van der Waals surface area contributed by atoms with Crippen LogP contribution in [0.2, 0.25) is 0 Å². The first-order chi connectivity index (χ1) is 8.80. The van der Waals surface area contributed by atoms with Gasteiger partial charge in [-0.3, -0.25) is 4.79 Å². The molecule has 1 aromatic carbocycles. The molecule has 1 atom stereocenters. The summed E-state index contributed by atoms with van der Waals surface area (Å²) in [7, 11) is 0. The molecule has 1 aliphatic carbocycles.